The minimum Gasteiger partial charge on any atom is -0.506 e. The Labute approximate surface area is 97.7 Å². The van der Waals surface area contributed by atoms with Crippen LogP contribution in [0, 0.1) is 0 Å². The molecule has 0 atom stereocenters. The van der Waals surface area contributed by atoms with E-state index in [1.54, 1.807) is 0 Å². The van der Waals surface area contributed by atoms with E-state index < -0.39 is 0 Å². The third-order valence-corrected chi connectivity index (χ3v) is 1.76. The van der Waals surface area contributed by atoms with Gasteiger partial charge in [-0.25, -0.2) is 0 Å². The lowest BCUT2D eigenvalue weighted by Gasteiger charge is -2.01. The molecule has 0 aliphatic carbocycles. The van der Waals surface area contributed by atoms with Gasteiger partial charge in [0, 0.05) is 5.56 Å². The van der Waals surface area contributed by atoms with E-state index in [4.69, 9.17) is 15.6 Å². The molecule has 0 aliphatic heterocycles. The Bertz CT molecular complexity index is 428. The zero-order chi connectivity index (χ0) is 13.4. The van der Waals surface area contributed by atoms with Crippen molar-refractivity contribution >= 4 is 23.7 Å². The molecule has 0 saturated carbocycles. The minimum absolute atomic E-state index is 0.139. The summed E-state index contributed by atoms with van der Waals surface area (Å²) in [5.74, 6) is -0.654. The average Bonchev–Trinajstić information content (AvgIpc) is 2.22. The van der Waals surface area contributed by atoms with Crippen LogP contribution in [0.4, 0.5) is 5.69 Å². The highest BCUT2D eigenvalue weighted by molar-refractivity contribution is 6.07. The first-order chi connectivity index (χ1) is 7.92. The highest BCUT2D eigenvalue weighted by Gasteiger charge is 2.09. The van der Waals surface area contributed by atoms with Gasteiger partial charge in [0.25, 0.3) is 6.47 Å². The Morgan fingerprint density at radius 2 is 1.94 bits per heavy atom. The zero-order valence-corrected chi connectivity index (χ0v) is 9.21. The van der Waals surface area contributed by atoms with Gasteiger partial charge in [-0.2, -0.15) is 0 Å². The van der Waals surface area contributed by atoms with Crippen molar-refractivity contribution in [3.05, 3.63) is 23.8 Å². The minimum atomic E-state index is -0.312. The molecular weight excluding hydrogens is 226 g/mol. The summed E-state index contributed by atoms with van der Waals surface area (Å²) in [6, 6.07) is 4.18. The molecule has 4 N–H and O–H groups in total. The summed E-state index contributed by atoms with van der Waals surface area (Å²) in [7, 11) is 0. The van der Waals surface area contributed by atoms with Crippen LogP contribution in [0.15, 0.2) is 18.2 Å². The van der Waals surface area contributed by atoms with Crippen molar-refractivity contribution in [2.24, 2.45) is 0 Å². The maximum absolute atomic E-state index is 11.3. The molecule has 0 fully saturated rings. The Balaban J connectivity index is 0.000000770. The van der Waals surface area contributed by atoms with Gasteiger partial charge in [0.2, 0.25) is 0 Å². The molecule has 0 amide bonds. The lowest BCUT2D eigenvalue weighted by atomic mass is 10.1. The van der Waals surface area contributed by atoms with Gasteiger partial charge in [-0.05, 0) is 25.1 Å². The third-order valence-electron chi connectivity index (χ3n) is 1.76. The van der Waals surface area contributed by atoms with E-state index >= 15 is 0 Å². The first-order valence-electron chi connectivity index (χ1n) is 4.61. The van der Waals surface area contributed by atoms with Crippen LogP contribution >= 0.6 is 0 Å². The van der Waals surface area contributed by atoms with Crippen LogP contribution < -0.4 is 5.73 Å². The number of aromatic hydroxyl groups is 1. The second kappa shape index (κ2) is 7.00. The predicted octanol–water partition coefficient (Wildman–Crippen LogP) is 0.837. The Morgan fingerprint density at radius 1 is 1.41 bits per heavy atom. The summed E-state index contributed by atoms with van der Waals surface area (Å²) >= 11 is 0. The molecule has 0 saturated heterocycles. The van der Waals surface area contributed by atoms with Gasteiger partial charge in [0.05, 0.1) is 12.1 Å². The number of carbonyl (C=O) groups excluding carboxylic acids is 2. The number of anilines is 1. The van der Waals surface area contributed by atoms with Gasteiger partial charge in [-0.1, -0.05) is 0 Å². The molecule has 6 heteroatoms. The van der Waals surface area contributed by atoms with Crippen molar-refractivity contribution in [3.8, 4) is 5.75 Å². The van der Waals surface area contributed by atoms with Gasteiger partial charge < -0.3 is 15.9 Å². The van der Waals surface area contributed by atoms with Crippen LogP contribution in [0.1, 0.15) is 23.7 Å². The number of carboxylic acid groups (broad SMARTS) is 1. The van der Waals surface area contributed by atoms with Crippen LogP contribution in [0.5, 0.6) is 5.75 Å². The summed E-state index contributed by atoms with van der Waals surface area (Å²) in [6.07, 6.45) is -0.149. The van der Waals surface area contributed by atoms with E-state index in [-0.39, 0.29) is 35.9 Å². The molecule has 0 aliphatic rings. The average molecular weight is 239 g/mol. The molecule has 0 aromatic heterocycles. The largest absolute Gasteiger partial charge is 0.506 e. The maximum Gasteiger partial charge on any atom is 0.290 e. The second-order valence-corrected chi connectivity index (χ2v) is 3.18. The van der Waals surface area contributed by atoms with Crippen LogP contribution in [-0.4, -0.2) is 28.3 Å². The Kier molecular flexibility index (Phi) is 6.02. The fourth-order valence-electron chi connectivity index (χ4n) is 1.05. The van der Waals surface area contributed by atoms with E-state index in [2.05, 4.69) is 0 Å². The van der Waals surface area contributed by atoms with Crippen LogP contribution in [0.2, 0.25) is 0 Å². The Hall–Kier alpha value is -2.37. The van der Waals surface area contributed by atoms with E-state index in [0.29, 0.717) is 5.56 Å². The topological polar surface area (TPSA) is 118 Å². The van der Waals surface area contributed by atoms with Gasteiger partial charge >= 0.3 is 0 Å². The number of nitrogens with two attached hydrogens (primary N) is 1. The summed E-state index contributed by atoms with van der Waals surface area (Å²) in [5, 5.41) is 16.1. The third kappa shape index (κ3) is 5.31. The van der Waals surface area contributed by atoms with Crippen molar-refractivity contribution in [1.29, 1.82) is 0 Å². The number of rotatable bonds is 3. The van der Waals surface area contributed by atoms with Crippen molar-refractivity contribution in [2.45, 2.75) is 13.3 Å². The number of carbonyl (C=O) groups is 3. The number of hydrogen-bond acceptors (Lipinski definition) is 5. The molecule has 0 radical (unpaired) electrons. The number of benzene rings is 1. The lowest BCUT2D eigenvalue weighted by Crippen LogP contribution is -2.04. The van der Waals surface area contributed by atoms with E-state index in [1.165, 1.54) is 25.1 Å². The molecule has 1 aromatic rings. The molecule has 17 heavy (non-hydrogen) atoms. The SMILES string of the molecule is CC(=O)CC(=O)c1ccc(N)c(O)c1.O=CO. The molecule has 0 unspecified atom stereocenters. The number of phenols is 1. The van der Waals surface area contributed by atoms with Gasteiger partial charge in [0.1, 0.15) is 11.5 Å². The van der Waals surface area contributed by atoms with Gasteiger partial charge in [-0.3, -0.25) is 14.4 Å². The first kappa shape index (κ1) is 14.6. The number of ketones is 2. The molecule has 1 aromatic carbocycles. The lowest BCUT2D eigenvalue weighted by molar-refractivity contribution is -0.123. The fourth-order valence-corrected chi connectivity index (χ4v) is 1.05. The molecule has 92 valence electrons. The Morgan fingerprint density at radius 3 is 2.35 bits per heavy atom. The number of nitrogen functional groups attached to an aromatic ring is 1. The summed E-state index contributed by atoms with van der Waals surface area (Å²) in [4.78, 5) is 30.4. The molecule has 0 bridgehead atoms. The zero-order valence-electron chi connectivity index (χ0n) is 9.21. The van der Waals surface area contributed by atoms with Crippen molar-refractivity contribution in [3.63, 3.8) is 0 Å². The molecule has 0 spiro atoms. The molecule has 0 heterocycles. The van der Waals surface area contributed by atoms with E-state index in [1.807, 2.05) is 0 Å². The fraction of sp³-hybridized carbons (Fsp3) is 0.182. The standard InChI is InChI=1S/C10H11NO3.CH2O2/c1-6(12)4-9(13)7-2-3-8(11)10(14)5-7;2-1-3/h2-3,5,14H,4,11H2,1H3;1H,(H,2,3). The van der Waals surface area contributed by atoms with Gasteiger partial charge in [-0.15, -0.1) is 0 Å². The number of Topliss-reactive ketones (excluding diaryl/α,β-unsaturated/α-hetero) is 2. The van der Waals surface area contributed by atoms with Gasteiger partial charge in [0.15, 0.2) is 5.78 Å². The van der Waals surface area contributed by atoms with Crippen molar-refractivity contribution in [1.82, 2.24) is 0 Å². The quantitative estimate of drug-likeness (QED) is 0.236. The number of phenolic OH excluding ortho intramolecular Hbond substituents is 1. The first-order valence-corrected chi connectivity index (χ1v) is 4.61. The van der Waals surface area contributed by atoms with Crippen molar-refractivity contribution < 1.29 is 24.6 Å². The van der Waals surface area contributed by atoms with E-state index in [0.717, 1.165) is 0 Å². The van der Waals surface area contributed by atoms with Crippen molar-refractivity contribution in [2.75, 3.05) is 5.73 Å². The van der Waals surface area contributed by atoms with Crippen LogP contribution in [0.25, 0.3) is 0 Å². The highest BCUT2D eigenvalue weighted by Crippen LogP contribution is 2.21. The maximum atomic E-state index is 11.3. The monoisotopic (exact) mass is 239 g/mol. The molecule has 1 rings (SSSR count). The molecular formula is C11H13NO5. The second-order valence-electron chi connectivity index (χ2n) is 3.18. The number of hydrogen-bond donors (Lipinski definition) is 3. The van der Waals surface area contributed by atoms with Crippen LogP contribution in [-0.2, 0) is 9.59 Å². The highest BCUT2D eigenvalue weighted by atomic mass is 16.3. The predicted molar refractivity (Wildman–Crippen MR) is 60.8 cm³/mol. The smallest absolute Gasteiger partial charge is 0.290 e. The summed E-state index contributed by atoms with van der Waals surface area (Å²) in [5.41, 5.74) is 5.87. The molecule has 6 nitrogen and oxygen atoms in total. The summed E-state index contributed by atoms with van der Waals surface area (Å²) < 4.78 is 0. The van der Waals surface area contributed by atoms with E-state index in [9.17, 15) is 14.7 Å². The van der Waals surface area contributed by atoms with Crippen LogP contribution in [0.3, 0.4) is 0 Å². The normalized spacial score (nSPS) is 8.76. The summed E-state index contributed by atoms with van der Waals surface area (Å²) in [6.45, 7) is 1.09.